The minimum absolute atomic E-state index is 0.309. The summed E-state index contributed by atoms with van der Waals surface area (Å²) in [5.41, 5.74) is -0.0955. The molecule has 0 fully saturated rings. The van der Waals surface area contributed by atoms with Gasteiger partial charge in [-0.2, -0.15) is 0 Å². The molecule has 0 unspecified atom stereocenters. The van der Waals surface area contributed by atoms with Gasteiger partial charge in [-0.3, -0.25) is 14.3 Å². The van der Waals surface area contributed by atoms with E-state index in [1.807, 2.05) is 19.0 Å². The van der Waals surface area contributed by atoms with E-state index in [-0.39, 0.29) is 11.2 Å². The van der Waals surface area contributed by atoms with Crippen LogP contribution in [0.15, 0.2) is 15.8 Å². The largest absolute Gasteiger partial charge is 0.328 e. The lowest BCUT2D eigenvalue weighted by Gasteiger charge is -2.10. The molecule has 1 aromatic rings. The van der Waals surface area contributed by atoms with Gasteiger partial charge in [0.15, 0.2) is 0 Å². The fourth-order valence-electron chi connectivity index (χ4n) is 1.09. The molecule has 14 heavy (non-hydrogen) atoms. The van der Waals surface area contributed by atoms with Crippen molar-refractivity contribution in [1.29, 1.82) is 0 Å². The average molecular weight is 197 g/mol. The third kappa shape index (κ3) is 2.56. The molecule has 0 saturated carbocycles. The van der Waals surface area contributed by atoms with Gasteiger partial charge >= 0.3 is 5.69 Å². The molecular formula is C9H15N3O2. The summed E-state index contributed by atoms with van der Waals surface area (Å²) in [6.07, 6.45) is 1.59. The first-order valence-corrected chi connectivity index (χ1v) is 4.46. The Morgan fingerprint density at radius 2 is 2.07 bits per heavy atom. The van der Waals surface area contributed by atoms with Crippen LogP contribution in [-0.2, 0) is 6.54 Å². The molecule has 5 heteroatoms. The van der Waals surface area contributed by atoms with Crippen molar-refractivity contribution in [3.63, 3.8) is 0 Å². The number of H-pyrrole nitrogens is 1. The Hall–Kier alpha value is -1.36. The zero-order chi connectivity index (χ0) is 10.7. The van der Waals surface area contributed by atoms with E-state index in [1.54, 1.807) is 13.1 Å². The summed E-state index contributed by atoms with van der Waals surface area (Å²) in [5.74, 6) is 0. The maximum absolute atomic E-state index is 11.3. The minimum Gasteiger partial charge on any atom is -0.308 e. The zero-order valence-electron chi connectivity index (χ0n) is 8.70. The van der Waals surface area contributed by atoms with Crippen LogP contribution in [0.2, 0.25) is 0 Å². The Bertz CT molecular complexity index is 417. The minimum atomic E-state index is -0.345. The molecule has 1 heterocycles. The highest BCUT2D eigenvalue weighted by Gasteiger charge is 2.00. The predicted octanol–water partition coefficient (Wildman–Crippen LogP) is -0.593. The number of likely N-dealkylation sites (N-methyl/N-ethyl adjacent to an activating group) is 1. The van der Waals surface area contributed by atoms with Crippen LogP contribution in [0.4, 0.5) is 0 Å². The lowest BCUT2D eigenvalue weighted by Crippen LogP contribution is -2.33. The number of rotatable bonds is 3. The molecule has 0 radical (unpaired) electrons. The van der Waals surface area contributed by atoms with Gasteiger partial charge in [-0.25, -0.2) is 4.79 Å². The smallest absolute Gasteiger partial charge is 0.308 e. The summed E-state index contributed by atoms with van der Waals surface area (Å²) in [6.45, 7) is 3.04. The van der Waals surface area contributed by atoms with Gasteiger partial charge < -0.3 is 4.90 Å². The quantitative estimate of drug-likeness (QED) is 0.704. The summed E-state index contributed by atoms with van der Waals surface area (Å²) in [6, 6.07) is 0. The standard InChI is InChI=1S/C9H15N3O2/c1-7-6-12(5-4-11(2)3)9(14)10-8(7)13/h6H,4-5H2,1-3H3,(H,10,13,14). The van der Waals surface area contributed by atoms with Crippen LogP contribution in [0.1, 0.15) is 5.56 Å². The summed E-state index contributed by atoms with van der Waals surface area (Å²) in [5, 5.41) is 0. The summed E-state index contributed by atoms with van der Waals surface area (Å²) in [4.78, 5) is 26.6. The second kappa shape index (κ2) is 4.23. The Labute approximate surface area is 82.0 Å². The topological polar surface area (TPSA) is 58.1 Å². The molecule has 0 aliphatic carbocycles. The first kappa shape index (κ1) is 10.7. The summed E-state index contributed by atoms with van der Waals surface area (Å²) >= 11 is 0. The number of hydrogen-bond acceptors (Lipinski definition) is 3. The van der Waals surface area contributed by atoms with Crippen molar-refractivity contribution in [2.24, 2.45) is 0 Å². The molecule has 0 aromatic carbocycles. The Balaban J connectivity index is 2.93. The molecule has 1 aromatic heterocycles. The summed E-state index contributed by atoms with van der Waals surface area (Å²) in [7, 11) is 3.87. The van der Waals surface area contributed by atoms with E-state index in [4.69, 9.17) is 0 Å². The van der Waals surface area contributed by atoms with Crippen molar-refractivity contribution in [3.8, 4) is 0 Å². The highest BCUT2D eigenvalue weighted by atomic mass is 16.2. The molecule has 0 amide bonds. The fourth-order valence-corrected chi connectivity index (χ4v) is 1.09. The van der Waals surface area contributed by atoms with Crippen molar-refractivity contribution >= 4 is 0 Å². The van der Waals surface area contributed by atoms with Gasteiger partial charge in [0, 0.05) is 24.8 Å². The van der Waals surface area contributed by atoms with Crippen LogP contribution in [0.5, 0.6) is 0 Å². The van der Waals surface area contributed by atoms with E-state index < -0.39 is 0 Å². The van der Waals surface area contributed by atoms with Gasteiger partial charge in [0.25, 0.3) is 5.56 Å². The van der Waals surface area contributed by atoms with Crippen LogP contribution in [0.25, 0.3) is 0 Å². The number of hydrogen-bond donors (Lipinski definition) is 1. The zero-order valence-corrected chi connectivity index (χ0v) is 8.70. The maximum Gasteiger partial charge on any atom is 0.328 e. The van der Waals surface area contributed by atoms with Crippen molar-refractivity contribution in [3.05, 3.63) is 32.6 Å². The van der Waals surface area contributed by atoms with E-state index >= 15 is 0 Å². The van der Waals surface area contributed by atoms with E-state index in [0.717, 1.165) is 6.54 Å². The molecule has 0 aliphatic heterocycles. The van der Waals surface area contributed by atoms with Crippen LogP contribution < -0.4 is 11.2 Å². The van der Waals surface area contributed by atoms with Crippen molar-refractivity contribution in [2.75, 3.05) is 20.6 Å². The van der Waals surface area contributed by atoms with Crippen LogP contribution >= 0.6 is 0 Å². The highest BCUT2D eigenvalue weighted by molar-refractivity contribution is 5.00. The lowest BCUT2D eigenvalue weighted by atomic mass is 10.4. The lowest BCUT2D eigenvalue weighted by molar-refractivity contribution is 0.378. The molecule has 5 nitrogen and oxygen atoms in total. The molecule has 0 aliphatic rings. The molecule has 0 bridgehead atoms. The predicted molar refractivity (Wildman–Crippen MR) is 54.6 cm³/mol. The van der Waals surface area contributed by atoms with E-state index in [9.17, 15) is 9.59 Å². The molecule has 0 saturated heterocycles. The SMILES string of the molecule is Cc1cn(CCN(C)C)c(=O)[nH]c1=O. The monoisotopic (exact) mass is 197 g/mol. The number of aromatic amines is 1. The van der Waals surface area contributed by atoms with Gasteiger partial charge in [-0.15, -0.1) is 0 Å². The highest BCUT2D eigenvalue weighted by Crippen LogP contribution is 1.85. The second-order valence-electron chi connectivity index (χ2n) is 3.57. The van der Waals surface area contributed by atoms with Gasteiger partial charge in [0.1, 0.15) is 0 Å². The molecule has 78 valence electrons. The fraction of sp³-hybridized carbons (Fsp3) is 0.556. The third-order valence-corrected chi connectivity index (χ3v) is 1.98. The number of aryl methyl sites for hydroxylation is 1. The average Bonchev–Trinajstić information content (AvgIpc) is 2.09. The first-order chi connectivity index (χ1) is 6.50. The normalized spacial score (nSPS) is 10.9. The molecule has 0 atom stereocenters. The van der Waals surface area contributed by atoms with Crippen molar-refractivity contribution in [1.82, 2.24) is 14.5 Å². The van der Waals surface area contributed by atoms with Crippen LogP contribution in [0.3, 0.4) is 0 Å². The van der Waals surface area contributed by atoms with Gasteiger partial charge in [0.05, 0.1) is 0 Å². The van der Waals surface area contributed by atoms with Crippen molar-refractivity contribution in [2.45, 2.75) is 13.5 Å². The van der Waals surface area contributed by atoms with E-state index in [2.05, 4.69) is 4.98 Å². The van der Waals surface area contributed by atoms with E-state index in [1.165, 1.54) is 4.57 Å². The Kier molecular flexibility index (Phi) is 3.24. The number of nitrogens with zero attached hydrogens (tertiary/aromatic N) is 2. The number of nitrogens with one attached hydrogen (secondary N) is 1. The van der Waals surface area contributed by atoms with Crippen molar-refractivity contribution < 1.29 is 0 Å². The molecule has 1 N–H and O–H groups in total. The maximum atomic E-state index is 11.3. The second-order valence-corrected chi connectivity index (χ2v) is 3.57. The first-order valence-electron chi connectivity index (χ1n) is 4.46. The van der Waals surface area contributed by atoms with Crippen LogP contribution in [0, 0.1) is 6.92 Å². The molecular weight excluding hydrogens is 182 g/mol. The molecule has 1 rings (SSSR count). The van der Waals surface area contributed by atoms with Gasteiger partial charge in [-0.1, -0.05) is 0 Å². The van der Waals surface area contributed by atoms with Crippen LogP contribution in [-0.4, -0.2) is 35.1 Å². The molecule has 0 spiro atoms. The summed E-state index contributed by atoms with van der Waals surface area (Å²) < 4.78 is 1.51. The Morgan fingerprint density at radius 1 is 1.43 bits per heavy atom. The Morgan fingerprint density at radius 3 is 2.64 bits per heavy atom. The van der Waals surface area contributed by atoms with Gasteiger partial charge in [-0.05, 0) is 21.0 Å². The van der Waals surface area contributed by atoms with E-state index in [0.29, 0.717) is 12.1 Å². The third-order valence-electron chi connectivity index (χ3n) is 1.98. The number of aromatic nitrogens is 2. The van der Waals surface area contributed by atoms with Gasteiger partial charge in [0.2, 0.25) is 0 Å².